The number of aliphatic hydroxyl groups is 5. The van der Waals surface area contributed by atoms with Gasteiger partial charge in [0.2, 0.25) is 0 Å². The number of hydrogen-bond acceptors (Lipinski definition) is 10. The number of anilines is 1. The maximum atomic E-state index is 14.1. The Bertz CT molecular complexity index is 1320. The minimum Gasteiger partial charge on any atom is -0.468 e. The number of benzene rings is 1. The van der Waals surface area contributed by atoms with Crippen LogP contribution in [-0.2, 0) is 14.2 Å². The molecule has 0 bridgehead atoms. The van der Waals surface area contributed by atoms with Crippen molar-refractivity contribution in [3.05, 3.63) is 30.1 Å². The average molecular weight is 998 g/mol. The fourth-order valence-corrected chi connectivity index (χ4v) is 9.72. The van der Waals surface area contributed by atoms with Crippen molar-refractivity contribution in [1.82, 2.24) is 5.32 Å². The minimum atomic E-state index is -1.61. The molecule has 0 amide bonds. The van der Waals surface area contributed by atoms with E-state index >= 15 is 0 Å². The Kier molecular flexibility index (Phi) is 40.6. The third-order valence-corrected chi connectivity index (χ3v) is 14.4. The second kappa shape index (κ2) is 44.0. The molecule has 0 aliphatic carbocycles. The van der Waals surface area contributed by atoms with Crippen LogP contribution in [-0.4, -0.2) is 99.4 Å². The summed E-state index contributed by atoms with van der Waals surface area (Å²) in [5, 5.41) is 60.7. The molecule has 1 aromatic carbocycles. The molecule has 1 saturated heterocycles. The van der Waals surface area contributed by atoms with E-state index in [-0.39, 0.29) is 24.1 Å². The van der Waals surface area contributed by atoms with Gasteiger partial charge in [-0.1, -0.05) is 251 Å². The SMILES string of the molecule is CCCCCCCCCCCCCCCCCCCCCCCCCCN[C@@H](CO[C@@H]1O[C@H](COC(=S)Nc2ccccc2F)[C@H](O)[C@H](O)[C@H]1O)[C@H](O)[C@H](O)CCCCCCCCCCCCCC. The van der Waals surface area contributed by atoms with Crippen molar-refractivity contribution in [3.63, 3.8) is 0 Å². The van der Waals surface area contributed by atoms with Crippen LogP contribution in [0.4, 0.5) is 10.1 Å². The van der Waals surface area contributed by atoms with Gasteiger partial charge in [0.15, 0.2) is 6.29 Å². The van der Waals surface area contributed by atoms with Crippen molar-refractivity contribution < 1.29 is 44.1 Å². The molecule has 8 atom stereocenters. The lowest BCUT2D eigenvalue weighted by Gasteiger charge is -2.40. The maximum absolute atomic E-state index is 14.1. The Morgan fingerprint density at radius 1 is 0.580 bits per heavy atom. The summed E-state index contributed by atoms with van der Waals surface area (Å²) in [4.78, 5) is 0. The Morgan fingerprint density at radius 3 is 1.42 bits per heavy atom. The highest BCUT2D eigenvalue weighted by Crippen LogP contribution is 2.24. The molecule has 0 aromatic heterocycles. The molecule has 1 heterocycles. The van der Waals surface area contributed by atoms with E-state index in [1.165, 1.54) is 205 Å². The lowest BCUT2D eigenvalue weighted by atomic mass is 9.98. The van der Waals surface area contributed by atoms with Crippen LogP contribution in [0.3, 0.4) is 0 Å². The zero-order chi connectivity index (χ0) is 50.0. The summed E-state index contributed by atoms with van der Waals surface area (Å²) in [5.74, 6) is -0.518. The van der Waals surface area contributed by atoms with Gasteiger partial charge in [-0.25, -0.2) is 4.39 Å². The highest BCUT2D eigenvalue weighted by atomic mass is 32.1. The quantitative estimate of drug-likeness (QED) is 0.0247. The summed E-state index contributed by atoms with van der Waals surface area (Å²) in [6.07, 6.45) is 37.8. The van der Waals surface area contributed by atoms with Gasteiger partial charge in [0.1, 0.15) is 36.8 Å². The van der Waals surface area contributed by atoms with Gasteiger partial charge in [-0.05, 0) is 43.7 Å². The van der Waals surface area contributed by atoms with Gasteiger partial charge >= 0.3 is 0 Å². The topological polar surface area (TPSA) is 153 Å². The zero-order valence-electron chi connectivity index (χ0n) is 44.0. The number of hydrogen-bond donors (Lipinski definition) is 7. The number of halogens is 1. The summed E-state index contributed by atoms with van der Waals surface area (Å²) >= 11 is 5.20. The third kappa shape index (κ3) is 32.3. The van der Waals surface area contributed by atoms with Crippen molar-refractivity contribution in [2.75, 3.05) is 25.1 Å². The molecule has 0 radical (unpaired) electrons. The molecule has 0 unspecified atom stereocenters. The van der Waals surface area contributed by atoms with E-state index in [2.05, 4.69) is 24.5 Å². The molecule has 7 N–H and O–H groups in total. The van der Waals surface area contributed by atoms with Crippen molar-refractivity contribution in [1.29, 1.82) is 0 Å². The van der Waals surface area contributed by atoms with Gasteiger partial charge < -0.3 is 50.4 Å². The molecule has 0 saturated carbocycles. The number of rotatable bonds is 47. The van der Waals surface area contributed by atoms with Gasteiger partial charge in [-0.15, -0.1) is 0 Å². The van der Waals surface area contributed by atoms with E-state index < -0.39 is 54.8 Å². The second-order valence-corrected chi connectivity index (χ2v) is 20.9. The molecule has 12 heteroatoms. The van der Waals surface area contributed by atoms with Crippen molar-refractivity contribution in [2.24, 2.45) is 0 Å². The molecular formula is C57H105FN2O8S. The van der Waals surface area contributed by atoms with E-state index in [1.54, 1.807) is 12.1 Å². The third-order valence-electron chi connectivity index (χ3n) is 14.2. The van der Waals surface area contributed by atoms with Crippen LogP contribution in [0.5, 0.6) is 0 Å². The number of unbranched alkanes of at least 4 members (excludes halogenated alkanes) is 34. The van der Waals surface area contributed by atoms with Crippen LogP contribution in [0, 0.1) is 5.82 Å². The number of ether oxygens (including phenoxy) is 3. The molecule has 1 aliphatic rings. The lowest BCUT2D eigenvalue weighted by Crippen LogP contribution is -2.60. The van der Waals surface area contributed by atoms with E-state index in [0.717, 1.165) is 38.5 Å². The van der Waals surface area contributed by atoms with Crippen LogP contribution < -0.4 is 10.6 Å². The first-order valence-electron chi connectivity index (χ1n) is 28.8. The van der Waals surface area contributed by atoms with E-state index in [1.807, 2.05) is 0 Å². The summed E-state index contributed by atoms with van der Waals surface area (Å²) in [6, 6.07) is 5.30. The van der Waals surface area contributed by atoms with Crippen molar-refractivity contribution >= 4 is 23.1 Å². The average Bonchev–Trinajstić information content (AvgIpc) is 3.35. The summed E-state index contributed by atoms with van der Waals surface area (Å²) in [5.41, 5.74) is 0.119. The lowest BCUT2D eigenvalue weighted by molar-refractivity contribution is -0.302. The highest BCUT2D eigenvalue weighted by Gasteiger charge is 2.45. The molecule has 0 spiro atoms. The number of para-hydroxylation sites is 1. The molecule has 1 aliphatic heterocycles. The van der Waals surface area contributed by atoms with Gasteiger partial charge in [0, 0.05) is 0 Å². The summed E-state index contributed by atoms with van der Waals surface area (Å²) in [7, 11) is 0. The van der Waals surface area contributed by atoms with Crippen LogP contribution in [0.1, 0.15) is 251 Å². The highest BCUT2D eigenvalue weighted by molar-refractivity contribution is 7.80. The normalized spacial score (nSPS) is 19.7. The fraction of sp³-hybridized carbons (Fsp3) is 0.877. The number of nitrogens with one attached hydrogen (secondary N) is 2. The Morgan fingerprint density at radius 2 is 0.986 bits per heavy atom. The Labute approximate surface area is 426 Å². The van der Waals surface area contributed by atoms with Crippen LogP contribution in [0.15, 0.2) is 24.3 Å². The molecule has 69 heavy (non-hydrogen) atoms. The van der Waals surface area contributed by atoms with Gasteiger partial charge in [-0.3, -0.25) is 0 Å². The van der Waals surface area contributed by atoms with Crippen LogP contribution >= 0.6 is 12.2 Å². The predicted molar refractivity (Wildman–Crippen MR) is 287 cm³/mol. The minimum absolute atomic E-state index is 0.119. The first-order chi connectivity index (χ1) is 33.7. The number of aliphatic hydroxyl groups excluding tert-OH is 5. The Balaban J connectivity index is 1.69. The predicted octanol–water partition coefficient (Wildman–Crippen LogP) is 13.5. The molecular weight excluding hydrogens is 892 g/mol. The second-order valence-electron chi connectivity index (χ2n) is 20.5. The van der Waals surface area contributed by atoms with Crippen molar-refractivity contribution in [2.45, 2.75) is 300 Å². The smallest absolute Gasteiger partial charge is 0.261 e. The van der Waals surface area contributed by atoms with Crippen LogP contribution in [0.2, 0.25) is 0 Å². The standard InChI is InChI=1S/C57H105FN2O8S/c1-3-5-7-9-11-13-15-17-18-19-20-21-22-23-24-25-26-27-28-30-32-34-36-40-44-59-49(52(62)50(61)43-37-35-33-31-29-16-14-12-10-8-6-4-2)45-66-56-55(65)54(64)53(63)51(68-56)46-67-57(69)60-48-42-39-38-41-47(48)58/h38-39,41-42,49-56,59,61-65H,3-37,40,43-46H2,1-2H3,(H,60,69)/t49-,50+,51+,52-,53-,54-,55+,56+/m0/s1. The zero-order valence-corrected chi connectivity index (χ0v) is 44.8. The molecule has 1 aromatic rings. The molecule has 1 fully saturated rings. The largest absolute Gasteiger partial charge is 0.468 e. The molecule has 2 rings (SSSR count). The monoisotopic (exact) mass is 997 g/mol. The summed E-state index contributed by atoms with van der Waals surface area (Å²) in [6.45, 7) is 4.72. The van der Waals surface area contributed by atoms with Crippen LogP contribution in [0.25, 0.3) is 0 Å². The van der Waals surface area contributed by atoms with Crippen molar-refractivity contribution in [3.8, 4) is 0 Å². The van der Waals surface area contributed by atoms with E-state index in [9.17, 15) is 29.9 Å². The Hall–Kier alpha value is -1.48. The molecule has 404 valence electrons. The van der Waals surface area contributed by atoms with Gasteiger partial charge in [0.25, 0.3) is 5.17 Å². The first kappa shape index (κ1) is 63.6. The van der Waals surface area contributed by atoms with Gasteiger partial charge in [0.05, 0.1) is 30.5 Å². The fourth-order valence-electron chi connectivity index (χ4n) is 9.54. The summed E-state index contributed by atoms with van der Waals surface area (Å²) < 4.78 is 31.5. The van der Waals surface area contributed by atoms with E-state index in [4.69, 9.17) is 26.4 Å². The molecule has 10 nitrogen and oxygen atoms in total. The maximum Gasteiger partial charge on any atom is 0.261 e. The first-order valence-corrected chi connectivity index (χ1v) is 29.2. The number of thiocarbonyl (C=S) groups is 1. The van der Waals surface area contributed by atoms with Gasteiger partial charge in [-0.2, -0.15) is 0 Å². The van der Waals surface area contributed by atoms with E-state index in [0.29, 0.717) is 13.0 Å².